The second-order valence-corrected chi connectivity index (χ2v) is 8.49. The molecule has 0 unspecified atom stereocenters. The van der Waals surface area contributed by atoms with Gasteiger partial charge in [-0.3, -0.25) is 4.79 Å². The van der Waals surface area contributed by atoms with Crippen molar-refractivity contribution in [2.75, 3.05) is 26.2 Å². The van der Waals surface area contributed by atoms with Crippen molar-refractivity contribution in [2.45, 2.75) is 19.3 Å². The van der Waals surface area contributed by atoms with Crippen LogP contribution in [-0.4, -0.2) is 42.9 Å². The summed E-state index contributed by atoms with van der Waals surface area (Å²) in [5, 5.41) is 0. The Hall–Kier alpha value is -1.85. The number of ether oxygens (including phenoxy) is 1. The van der Waals surface area contributed by atoms with Crippen LogP contribution in [0.25, 0.3) is 0 Å². The first kappa shape index (κ1) is 17.6. The molecule has 1 amide bonds. The number of hydrogen-bond acceptors (Lipinski definition) is 4. The van der Waals surface area contributed by atoms with Crippen LogP contribution in [0.2, 0.25) is 4.34 Å². The molecule has 0 spiro atoms. The molecule has 0 N–H and O–H groups in total. The van der Waals surface area contributed by atoms with Gasteiger partial charge in [-0.1, -0.05) is 23.7 Å². The first-order valence-corrected chi connectivity index (χ1v) is 10.2. The summed E-state index contributed by atoms with van der Waals surface area (Å²) in [5.41, 5.74) is 2.39. The topological polar surface area (TPSA) is 41.9 Å². The Morgan fingerprint density at radius 1 is 1.19 bits per heavy atom. The molecule has 0 radical (unpaired) electrons. The highest BCUT2D eigenvalue weighted by Crippen LogP contribution is 2.26. The lowest BCUT2D eigenvalue weighted by Gasteiger charge is -2.31. The number of carbonyl (C=O) groups is 1. The molecule has 6 heteroatoms. The lowest BCUT2D eigenvalue weighted by molar-refractivity contribution is 0.0695. The number of halogens is 1. The van der Waals surface area contributed by atoms with E-state index in [0.29, 0.717) is 16.9 Å². The molecule has 1 saturated heterocycles. The van der Waals surface area contributed by atoms with Crippen molar-refractivity contribution in [2.24, 2.45) is 10.9 Å². The maximum absolute atomic E-state index is 12.5. The maximum Gasteiger partial charge on any atom is 0.263 e. The van der Waals surface area contributed by atoms with Crippen molar-refractivity contribution < 1.29 is 9.53 Å². The van der Waals surface area contributed by atoms with Gasteiger partial charge in [-0.15, -0.1) is 11.3 Å². The van der Waals surface area contributed by atoms with E-state index >= 15 is 0 Å². The van der Waals surface area contributed by atoms with Crippen LogP contribution in [0.1, 0.15) is 33.6 Å². The number of aliphatic imine (C=N–C) groups is 1. The third-order valence-electron chi connectivity index (χ3n) is 5.00. The summed E-state index contributed by atoms with van der Waals surface area (Å²) in [6, 6.07) is 12.1. The van der Waals surface area contributed by atoms with Crippen LogP contribution >= 0.6 is 22.9 Å². The molecule has 2 aliphatic heterocycles. The van der Waals surface area contributed by atoms with Crippen LogP contribution in [-0.2, 0) is 11.2 Å². The zero-order chi connectivity index (χ0) is 17.9. The molecule has 2 aliphatic rings. The average Bonchev–Trinajstić information content (AvgIpc) is 3.34. The summed E-state index contributed by atoms with van der Waals surface area (Å²) >= 11 is 7.30. The number of likely N-dealkylation sites (tertiary alicyclic amines) is 1. The zero-order valence-corrected chi connectivity index (χ0v) is 16.1. The van der Waals surface area contributed by atoms with E-state index in [4.69, 9.17) is 16.3 Å². The van der Waals surface area contributed by atoms with E-state index in [-0.39, 0.29) is 5.91 Å². The molecule has 4 rings (SSSR count). The Bertz CT molecular complexity index is 807. The van der Waals surface area contributed by atoms with E-state index < -0.39 is 0 Å². The van der Waals surface area contributed by atoms with Gasteiger partial charge >= 0.3 is 0 Å². The first-order chi connectivity index (χ1) is 12.7. The van der Waals surface area contributed by atoms with Crippen LogP contribution in [0.5, 0.6) is 0 Å². The van der Waals surface area contributed by atoms with Crippen LogP contribution in [0, 0.1) is 5.92 Å². The minimum atomic E-state index is 0.113. The molecule has 0 bridgehead atoms. The molecule has 0 aliphatic carbocycles. The normalized spacial score (nSPS) is 17.9. The van der Waals surface area contributed by atoms with Gasteiger partial charge in [-0.25, -0.2) is 4.99 Å². The summed E-state index contributed by atoms with van der Waals surface area (Å²) in [5.74, 6) is 1.50. The van der Waals surface area contributed by atoms with Gasteiger partial charge in [0.15, 0.2) is 0 Å². The predicted octanol–water partition coefficient (Wildman–Crippen LogP) is 4.27. The lowest BCUT2D eigenvalue weighted by Crippen LogP contribution is -2.38. The van der Waals surface area contributed by atoms with Crippen LogP contribution in [0.4, 0.5) is 0 Å². The van der Waals surface area contributed by atoms with E-state index in [1.807, 2.05) is 11.0 Å². The Balaban J connectivity index is 1.30. The average molecular weight is 389 g/mol. The van der Waals surface area contributed by atoms with E-state index in [0.717, 1.165) is 55.2 Å². The lowest BCUT2D eigenvalue weighted by atomic mass is 9.90. The molecule has 3 heterocycles. The van der Waals surface area contributed by atoms with Crippen molar-refractivity contribution in [3.8, 4) is 0 Å². The highest BCUT2D eigenvalue weighted by molar-refractivity contribution is 7.17. The molecule has 0 saturated carbocycles. The van der Waals surface area contributed by atoms with Gasteiger partial charge in [-0.2, -0.15) is 0 Å². The largest absolute Gasteiger partial charge is 0.476 e. The number of rotatable bonds is 4. The number of thiophene rings is 1. The third kappa shape index (κ3) is 3.94. The van der Waals surface area contributed by atoms with Gasteiger partial charge in [0.1, 0.15) is 6.61 Å². The standard InChI is InChI=1S/C20H21ClN2O2S/c21-18-6-5-17(26-18)20(24)23-10-7-15(8-11-23)13-14-1-3-16(4-2-14)19-22-9-12-25-19/h1-6,15H,7-13H2. The molecular weight excluding hydrogens is 368 g/mol. The van der Waals surface area contributed by atoms with Crippen molar-refractivity contribution in [3.63, 3.8) is 0 Å². The predicted molar refractivity (Wildman–Crippen MR) is 105 cm³/mol. The fourth-order valence-corrected chi connectivity index (χ4v) is 4.56. The summed E-state index contributed by atoms with van der Waals surface area (Å²) < 4.78 is 6.17. The SMILES string of the molecule is O=C(c1ccc(Cl)s1)N1CCC(Cc2ccc(C3=NCCO3)cc2)CC1. The minimum Gasteiger partial charge on any atom is -0.476 e. The number of nitrogens with zero attached hydrogens (tertiary/aromatic N) is 2. The van der Waals surface area contributed by atoms with Crippen LogP contribution < -0.4 is 0 Å². The molecule has 1 aromatic carbocycles. The summed E-state index contributed by atoms with van der Waals surface area (Å²) in [6.07, 6.45) is 3.14. The first-order valence-electron chi connectivity index (χ1n) is 9.00. The van der Waals surface area contributed by atoms with Gasteiger partial charge in [0, 0.05) is 18.7 Å². The van der Waals surface area contributed by atoms with E-state index in [2.05, 4.69) is 29.3 Å². The Morgan fingerprint density at radius 2 is 1.96 bits per heavy atom. The minimum absolute atomic E-state index is 0.113. The Labute approximate surface area is 162 Å². The Morgan fingerprint density at radius 3 is 2.58 bits per heavy atom. The summed E-state index contributed by atoms with van der Waals surface area (Å²) in [4.78, 5) is 19.5. The van der Waals surface area contributed by atoms with Gasteiger partial charge in [-0.05, 0) is 55.0 Å². The van der Waals surface area contributed by atoms with Gasteiger partial charge in [0.05, 0.1) is 15.8 Å². The maximum atomic E-state index is 12.5. The number of carbonyl (C=O) groups excluding carboxylic acids is 1. The number of amides is 1. The van der Waals surface area contributed by atoms with Crippen molar-refractivity contribution in [1.82, 2.24) is 4.90 Å². The smallest absolute Gasteiger partial charge is 0.263 e. The molecule has 1 fully saturated rings. The number of benzene rings is 1. The quantitative estimate of drug-likeness (QED) is 0.784. The summed E-state index contributed by atoms with van der Waals surface area (Å²) in [7, 11) is 0. The van der Waals surface area contributed by atoms with Gasteiger partial charge in [0.25, 0.3) is 5.91 Å². The van der Waals surface area contributed by atoms with E-state index in [1.165, 1.54) is 16.9 Å². The van der Waals surface area contributed by atoms with Crippen molar-refractivity contribution in [3.05, 3.63) is 56.7 Å². The van der Waals surface area contributed by atoms with E-state index in [1.54, 1.807) is 6.07 Å². The van der Waals surface area contributed by atoms with Gasteiger partial charge in [0.2, 0.25) is 5.90 Å². The van der Waals surface area contributed by atoms with Crippen LogP contribution in [0.3, 0.4) is 0 Å². The fourth-order valence-electron chi connectivity index (χ4n) is 3.55. The molecular formula is C20H21ClN2O2S. The Kier molecular flexibility index (Phi) is 5.27. The zero-order valence-electron chi connectivity index (χ0n) is 14.5. The molecule has 136 valence electrons. The fraction of sp³-hybridized carbons (Fsp3) is 0.400. The second kappa shape index (κ2) is 7.80. The molecule has 26 heavy (non-hydrogen) atoms. The highest BCUT2D eigenvalue weighted by Gasteiger charge is 2.24. The molecule has 2 aromatic rings. The monoisotopic (exact) mass is 388 g/mol. The van der Waals surface area contributed by atoms with Crippen molar-refractivity contribution in [1.29, 1.82) is 0 Å². The van der Waals surface area contributed by atoms with Gasteiger partial charge < -0.3 is 9.64 Å². The molecule has 0 atom stereocenters. The van der Waals surface area contributed by atoms with Crippen molar-refractivity contribution >= 4 is 34.7 Å². The highest BCUT2D eigenvalue weighted by atomic mass is 35.5. The van der Waals surface area contributed by atoms with E-state index in [9.17, 15) is 4.79 Å². The number of piperidine rings is 1. The van der Waals surface area contributed by atoms with Crippen LogP contribution in [0.15, 0.2) is 41.4 Å². The molecule has 4 nitrogen and oxygen atoms in total. The number of hydrogen-bond donors (Lipinski definition) is 0. The summed E-state index contributed by atoms with van der Waals surface area (Å²) in [6.45, 7) is 3.08. The third-order valence-corrected chi connectivity index (χ3v) is 6.22. The molecule has 1 aromatic heterocycles. The second-order valence-electron chi connectivity index (χ2n) is 6.78.